The van der Waals surface area contributed by atoms with Gasteiger partial charge in [-0.15, -0.1) is 0 Å². The number of thiocarbonyl (C=S) groups is 1. The summed E-state index contributed by atoms with van der Waals surface area (Å²) in [7, 11) is 0. The maximum atomic E-state index is 13.1. The highest BCUT2D eigenvalue weighted by atomic mass is 32.2. The van der Waals surface area contributed by atoms with Crippen molar-refractivity contribution >= 4 is 40.3 Å². The van der Waals surface area contributed by atoms with Gasteiger partial charge in [-0.2, -0.15) is 5.10 Å². The quantitative estimate of drug-likeness (QED) is 0.213. The Bertz CT molecular complexity index is 1200. The summed E-state index contributed by atoms with van der Waals surface area (Å²) in [5.41, 5.74) is 7.46. The van der Waals surface area contributed by atoms with Crippen LogP contribution in [0.3, 0.4) is 0 Å². The number of aromatic nitrogens is 2. The number of hydrogen-bond acceptors (Lipinski definition) is 4. The molecule has 170 valence electrons. The van der Waals surface area contributed by atoms with E-state index in [1.807, 2.05) is 47.3 Å². The fourth-order valence-corrected chi connectivity index (χ4v) is 5.61. The zero-order valence-corrected chi connectivity index (χ0v) is 21.2. The van der Waals surface area contributed by atoms with Gasteiger partial charge < -0.3 is 0 Å². The molecule has 3 aromatic rings. The fraction of sp³-hybridized carbons (Fsp3) is 0.296. The van der Waals surface area contributed by atoms with E-state index in [0.717, 1.165) is 41.8 Å². The number of hydrogen-bond donors (Lipinski definition) is 0. The Balaban J connectivity index is 1.79. The molecule has 0 bridgehead atoms. The highest BCUT2D eigenvalue weighted by Crippen LogP contribution is 2.36. The molecule has 0 N–H and O–H groups in total. The molecule has 0 atom stereocenters. The van der Waals surface area contributed by atoms with Gasteiger partial charge >= 0.3 is 0 Å². The number of para-hydroxylation sites is 1. The van der Waals surface area contributed by atoms with Crippen molar-refractivity contribution in [3.63, 3.8) is 0 Å². The molecule has 4 nitrogen and oxygen atoms in total. The summed E-state index contributed by atoms with van der Waals surface area (Å²) in [6.07, 6.45) is 7.14. The van der Waals surface area contributed by atoms with Crippen LogP contribution in [0.5, 0.6) is 0 Å². The van der Waals surface area contributed by atoms with E-state index in [9.17, 15) is 4.79 Å². The first-order valence-electron chi connectivity index (χ1n) is 11.4. The lowest BCUT2D eigenvalue weighted by atomic mass is 9.95. The first-order chi connectivity index (χ1) is 15.9. The van der Waals surface area contributed by atoms with Crippen LogP contribution >= 0.6 is 24.0 Å². The molecule has 0 saturated carbocycles. The molecule has 1 aliphatic heterocycles. The standard InChI is InChI=1S/C27H29N3OS2/c1-5-6-10-13-29-26(31)23(33-27(29)32)16-21-17-30(22-11-8-7-9-12-22)28-25(21)24-19(3)14-18(2)15-20(24)4/h7-9,11-12,14-17H,5-6,10,13H2,1-4H3. The number of thioether (sulfide) groups is 1. The molecule has 2 aromatic carbocycles. The molecule has 0 aliphatic carbocycles. The van der Waals surface area contributed by atoms with Crippen molar-refractivity contribution in [2.24, 2.45) is 0 Å². The maximum absolute atomic E-state index is 13.1. The Morgan fingerprint density at radius 2 is 1.76 bits per heavy atom. The summed E-state index contributed by atoms with van der Waals surface area (Å²) >= 11 is 6.92. The molecule has 0 radical (unpaired) electrons. The third-order valence-corrected chi connectivity index (χ3v) is 7.20. The van der Waals surface area contributed by atoms with E-state index >= 15 is 0 Å². The van der Waals surface area contributed by atoms with Crippen LogP contribution in [-0.2, 0) is 4.79 Å². The molecule has 1 aliphatic rings. The number of aryl methyl sites for hydroxylation is 3. The van der Waals surface area contributed by atoms with Crippen molar-refractivity contribution in [1.82, 2.24) is 14.7 Å². The normalized spacial score (nSPS) is 15.2. The maximum Gasteiger partial charge on any atom is 0.266 e. The minimum Gasteiger partial charge on any atom is -0.293 e. The highest BCUT2D eigenvalue weighted by molar-refractivity contribution is 8.26. The molecule has 1 aromatic heterocycles. The molecule has 2 heterocycles. The number of carbonyl (C=O) groups is 1. The number of benzene rings is 2. The van der Waals surface area contributed by atoms with Crippen molar-refractivity contribution in [3.8, 4) is 16.9 Å². The molecule has 1 fully saturated rings. The summed E-state index contributed by atoms with van der Waals surface area (Å²) in [5, 5.41) is 4.97. The minimum absolute atomic E-state index is 0.00290. The Kier molecular flexibility index (Phi) is 7.15. The molecule has 6 heteroatoms. The van der Waals surface area contributed by atoms with E-state index in [1.54, 1.807) is 4.90 Å². The Morgan fingerprint density at radius 1 is 1.06 bits per heavy atom. The second-order valence-electron chi connectivity index (χ2n) is 8.53. The monoisotopic (exact) mass is 475 g/mol. The van der Waals surface area contributed by atoms with E-state index in [-0.39, 0.29) is 5.91 Å². The van der Waals surface area contributed by atoms with Gasteiger partial charge in [0.2, 0.25) is 0 Å². The van der Waals surface area contributed by atoms with Crippen LogP contribution in [0.2, 0.25) is 0 Å². The summed E-state index contributed by atoms with van der Waals surface area (Å²) < 4.78 is 2.53. The van der Waals surface area contributed by atoms with Crippen LogP contribution in [0.15, 0.2) is 53.6 Å². The first kappa shape index (κ1) is 23.5. The second-order valence-corrected chi connectivity index (χ2v) is 10.2. The summed E-state index contributed by atoms with van der Waals surface area (Å²) in [6.45, 7) is 9.19. The van der Waals surface area contributed by atoms with E-state index in [0.29, 0.717) is 15.8 Å². The minimum atomic E-state index is -0.00290. The van der Waals surface area contributed by atoms with Crippen LogP contribution in [-0.4, -0.2) is 31.5 Å². The predicted molar refractivity (Wildman–Crippen MR) is 143 cm³/mol. The van der Waals surface area contributed by atoms with Crippen molar-refractivity contribution in [2.75, 3.05) is 6.54 Å². The van der Waals surface area contributed by atoms with Gasteiger partial charge in [0.25, 0.3) is 5.91 Å². The van der Waals surface area contributed by atoms with Gasteiger partial charge in [0.05, 0.1) is 10.6 Å². The molecule has 33 heavy (non-hydrogen) atoms. The van der Waals surface area contributed by atoms with Crippen molar-refractivity contribution in [2.45, 2.75) is 47.0 Å². The third-order valence-electron chi connectivity index (χ3n) is 5.82. The number of unbranched alkanes of at least 4 members (excludes halogenated alkanes) is 2. The van der Waals surface area contributed by atoms with E-state index in [4.69, 9.17) is 17.3 Å². The lowest BCUT2D eigenvalue weighted by Crippen LogP contribution is -2.28. The smallest absolute Gasteiger partial charge is 0.266 e. The largest absolute Gasteiger partial charge is 0.293 e. The van der Waals surface area contributed by atoms with Gasteiger partial charge in [0.15, 0.2) is 0 Å². The molecule has 0 unspecified atom stereocenters. The van der Waals surface area contributed by atoms with Crippen LogP contribution in [0.4, 0.5) is 0 Å². The third kappa shape index (κ3) is 4.97. The van der Waals surface area contributed by atoms with Crippen LogP contribution in [0, 0.1) is 20.8 Å². The van der Waals surface area contributed by atoms with Crippen molar-refractivity contribution in [3.05, 3.63) is 75.8 Å². The van der Waals surface area contributed by atoms with Gasteiger partial charge in [0, 0.05) is 23.9 Å². The van der Waals surface area contributed by atoms with Crippen LogP contribution in [0.25, 0.3) is 23.0 Å². The van der Waals surface area contributed by atoms with Gasteiger partial charge in [-0.3, -0.25) is 9.69 Å². The zero-order chi connectivity index (χ0) is 23.5. The second kappa shape index (κ2) is 10.1. The van der Waals surface area contributed by atoms with Gasteiger partial charge in [0.1, 0.15) is 10.0 Å². The van der Waals surface area contributed by atoms with Gasteiger partial charge in [-0.25, -0.2) is 4.68 Å². The summed E-state index contributed by atoms with van der Waals surface area (Å²) in [4.78, 5) is 15.5. The number of amides is 1. The molecule has 4 rings (SSSR count). The van der Waals surface area contributed by atoms with Crippen molar-refractivity contribution in [1.29, 1.82) is 0 Å². The Hall–Kier alpha value is -2.70. The zero-order valence-electron chi connectivity index (χ0n) is 19.6. The average molecular weight is 476 g/mol. The van der Waals surface area contributed by atoms with Crippen LogP contribution in [0.1, 0.15) is 48.4 Å². The molecule has 1 amide bonds. The molecular weight excluding hydrogens is 446 g/mol. The predicted octanol–water partition coefficient (Wildman–Crippen LogP) is 6.86. The van der Waals surface area contributed by atoms with Crippen LogP contribution < -0.4 is 0 Å². The first-order valence-corrected chi connectivity index (χ1v) is 12.6. The molecule has 0 spiro atoms. The highest BCUT2D eigenvalue weighted by Gasteiger charge is 2.32. The van der Waals surface area contributed by atoms with Gasteiger partial charge in [-0.1, -0.05) is 79.6 Å². The van der Waals surface area contributed by atoms with Crippen molar-refractivity contribution < 1.29 is 4.79 Å². The van der Waals surface area contributed by atoms with Gasteiger partial charge in [-0.05, 0) is 56.5 Å². The van der Waals surface area contributed by atoms with E-state index in [2.05, 4.69) is 39.8 Å². The Labute approximate surface area is 205 Å². The average Bonchev–Trinajstić information content (AvgIpc) is 3.30. The number of nitrogens with zero attached hydrogens (tertiary/aromatic N) is 3. The topological polar surface area (TPSA) is 38.1 Å². The number of carbonyl (C=O) groups excluding carboxylic acids is 1. The van der Waals surface area contributed by atoms with E-state index < -0.39 is 0 Å². The Morgan fingerprint density at radius 3 is 2.42 bits per heavy atom. The summed E-state index contributed by atoms with van der Waals surface area (Å²) in [6, 6.07) is 14.4. The molecule has 1 saturated heterocycles. The fourth-order valence-electron chi connectivity index (χ4n) is 4.31. The molecular formula is C27H29N3OS2. The lowest BCUT2D eigenvalue weighted by molar-refractivity contribution is -0.122. The van der Waals surface area contributed by atoms with E-state index in [1.165, 1.54) is 28.5 Å². The summed E-state index contributed by atoms with van der Waals surface area (Å²) in [5.74, 6) is -0.00290. The number of rotatable bonds is 7. The lowest BCUT2D eigenvalue weighted by Gasteiger charge is -2.13. The SMILES string of the molecule is CCCCCN1C(=O)C(=Cc2cn(-c3ccccc3)nc2-c2c(C)cc(C)cc2C)SC1=S.